The number of hydrogen-bond acceptors (Lipinski definition) is 4. The zero-order valence-corrected chi connectivity index (χ0v) is 8.80. The Labute approximate surface area is 92.5 Å². The van der Waals surface area contributed by atoms with E-state index in [0.717, 1.165) is 0 Å². The third-order valence-electron chi connectivity index (χ3n) is 2.07. The van der Waals surface area contributed by atoms with Crippen molar-refractivity contribution >= 4 is 17.7 Å². The summed E-state index contributed by atoms with van der Waals surface area (Å²) < 4.78 is 0. The molecule has 0 radical (unpaired) electrons. The van der Waals surface area contributed by atoms with Crippen LogP contribution in [-0.2, 0) is 4.79 Å². The Morgan fingerprint density at radius 1 is 1.62 bits per heavy atom. The summed E-state index contributed by atoms with van der Waals surface area (Å²) in [5.74, 6) is -1.21. The minimum Gasteiger partial charge on any atom is -0.480 e. The lowest BCUT2D eigenvalue weighted by atomic mass is 10.2. The van der Waals surface area contributed by atoms with Crippen LogP contribution in [0.15, 0.2) is 18.3 Å². The molecule has 0 bridgehead atoms. The number of aromatic nitrogens is 1. The van der Waals surface area contributed by atoms with Crippen LogP contribution < -0.4 is 11.1 Å². The van der Waals surface area contributed by atoms with Gasteiger partial charge in [0.2, 0.25) is 5.91 Å². The van der Waals surface area contributed by atoms with E-state index in [1.54, 1.807) is 6.92 Å². The Morgan fingerprint density at radius 2 is 2.31 bits per heavy atom. The second-order valence-electron chi connectivity index (χ2n) is 3.24. The Balaban J connectivity index is 2.84. The Morgan fingerprint density at radius 3 is 2.81 bits per heavy atom. The molecule has 1 heterocycles. The normalized spacial score (nSPS) is 11.8. The Kier molecular flexibility index (Phi) is 3.82. The zero-order valence-electron chi connectivity index (χ0n) is 8.80. The maximum absolute atomic E-state index is 10.9. The molecule has 1 atom stereocenters. The Bertz CT molecular complexity index is 406. The average Bonchev–Trinajstić information content (AvgIpc) is 2.25. The first kappa shape index (κ1) is 12.0. The van der Waals surface area contributed by atoms with Crippen LogP contribution in [0.4, 0.5) is 5.82 Å². The summed E-state index contributed by atoms with van der Waals surface area (Å²) in [6.45, 7) is 1.74. The smallest absolute Gasteiger partial charge is 0.326 e. The van der Waals surface area contributed by atoms with Crippen molar-refractivity contribution in [3.63, 3.8) is 0 Å². The second-order valence-corrected chi connectivity index (χ2v) is 3.24. The van der Waals surface area contributed by atoms with Gasteiger partial charge in [-0.3, -0.25) is 4.79 Å². The number of anilines is 1. The number of rotatable bonds is 5. The third kappa shape index (κ3) is 2.94. The molecule has 0 saturated heterocycles. The molecule has 0 aliphatic rings. The molecule has 0 spiro atoms. The molecule has 0 aliphatic heterocycles. The SMILES string of the molecule is CCC(Nc1cc(C(N)=O)ccn1)C(=O)O. The van der Waals surface area contributed by atoms with Gasteiger partial charge in [0, 0.05) is 11.8 Å². The standard InChI is InChI=1S/C10H13N3O3/c1-2-7(10(15)16)13-8-5-6(9(11)14)3-4-12-8/h3-5,7H,2H2,1H3,(H2,11,14)(H,12,13)(H,15,16). The van der Waals surface area contributed by atoms with Gasteiger partial charge in [0.05, 0.1) is 0 Å². The van der Waals surface area contributed by atoms with Gasteiger partial charge >= 0.3 is 5.97 Å². The first-order valence-corrected chi connectivity index (χ1v) is 4.79. The number of carbonyl (C=O) groups excluding carboxylic acids is 1. The highest BCUT2D eigenvalue weighted by Crippen LogP contribution is 2.09. The lowest BCUT2D eigenvalue weighted by Crippen LogP contribution is -2.28. The molecule has 0 aromatic carbocycles. The summed E-state index contributed by atoms with van der Waals surface area (Å²) in [4.78, 5) is 25.6. The molecule has 4 N–H and O–H groups in total. The quantitative estimate of drug-likeness (QED) is 0.672. The van der Waals surface area contributed by atoms with Crippen LogP contribution in [0, 0.1) is 0 Å². The van der Waals surface area contributed by atoms with Gasteiger partial charge in [0.1, 0.15) is 11.9 Å². The summed E-state index contributed by atoms with van der Waals surface area (Å²) in [6.07, 6.45) is 1.81. The van der Waals surface area contributed by atoms with Crippen molar-refractivity contribution in [3.8, 4) is 0 Å². The first-order chi connectivity index (χ1) is 7.54. The predicted molar refractivity (Wildman–Crippen MR) is 58.1 cm³/mol. The molecule has 1 rings (SSSR count). The van der Waals surface area contributed by atoms with Crippen molar-refractivity contribution in [3.05, 3.63) is 23.9 Å². The van der Waals surface area contributed by atoms with Gasteiger partial charge in [0.25, 0.3) is 0 Å². The molecule has 0 saturated carbocycles. The van der Waals surface area contributed by atoms with E-state index in [0.29, 0.717) is 12.2 Å². The van der Waals surface area contributed by atoms with Crippen molar-refractivity contribution in [1.29, 1.82) is 0 Å². The lowest BCUT2D eigenvalue weighted by molar-refractivity contribution is -0.137. The molecular formula is C10H13N3O3. The van der Waals surface area contributed by atoms with E-state index < -0.39 is 17.9 Å². The number of nitrogens with one attached hydrogen (secondary N) is 1. The first-order valence-electron chi connectivity index (χ1n) is 4.79. The van der Waals surface area contributed by atoms with Crippen LogP contribution in [-0.4, -0.2) is 28.0 Å². The molecule has 1 aromatic rings. The fourth-order valence-electron chi connectivity index (χ4n) is 1.18. The van der Waals surface area contributed by atoms with E-state index in [-0.39, 0.29) is 5.56 Å². The van der Waals surface area contributed by atoms with E-state index in [4.69, 9.17) is 10.8 Å². The highest BCUT2D eigenvalue weighted by atomic mass is 16.4. The van der Waals surface area contributed by atoms with E-state index >= 15 is 0 Å². The molecule has 16 heavy (non-hydrogen) atoms. The van der Waals surface area contributed by atoms with Crippen LogP contribution >= 0.6 is 0 Å². The highest BCUT2D eigenvalue weighted by molar-refractivity contribution is 5.93. The maximum atomic E-state index is 10.9. The minimum absolute atomic E-state index is 0.290. The molecule has 6 nitrogen and oxygen atoms in total. The zero-order chi connectivity index (χ0) is 12.1. The summed E-state index contributed by atoms with van der Waals surface area (Å²) in [5.41, 5.74) is 5.38. The monoisotopic (exact) mass is 223 g/mol. The van der Waals surface area contributed by atoms with Gasteiger partial charge < -0.3 is 16.2 Å². The largest absolute Gasteiger partial charge is 0.480 e. The number of aliphatic carboxylic acids is 1. The van der Waals surface area contributed by atoms with E-state index in [1.807, 2.05) is 0 Å². The fraction of sp³-hybridized carbons (Fsp3) is 0.300. The maximum Gasteiger partial charge on any atom is 0.326 e. The van der Waals surface area contributed by atoms with Crippen LogP contribution in [0.25, 0.3) is 0 Å². The van der Waals surface area contributed by atoms with Crippen molar-refractivity contribution in [1.82, 2.24) is 4.98 Å². The van der Waals surface area contributed by atoms with Crippen molar-refractivity contribution in [2.45, 2.75) is 19.4 Å². The summed E-state index contributed by atoms with van der Waals surface area (Å²) in [7, 11) is 0. The van der Waals surface area contributed by atoms with E-state index in [1.165, 1.54) is 18.3 Å². The molecular weight excluding hydrogens is 210 g/mol. The third-order valence-corrected chi connectivity index (χ3v) is 2.07. The molecule has 1 aromatic heterocycles. The van der Waals surface area contributed by atoms with Crippen LogP contribution in [0.5, 0.6) is 0 Å². The molecule has 0 aliphatic carbocycles. The number of carbonyl (C=O) groups is 2. The highest BCUT2D eigenvalue weighted by Gasteiger charge is 2.15. The number of nitrogens with two attached hydrogens (primary N) is 1. The van der Waals surface area contributed by atoms with Gasteiger partial charge in [-0.25, -0.2) is 9.78 Å². The number of amides is 1. The van der Waals surface area contributed by atoms with Crippen molar-refractivity contribution in [2.24, 2.45) is 5.73 Å². The minimum atomic E-state index is -0.964. The number of nitrogens with zero attached hydrogens (tertiary/aromatic N) is 1. The van der Waals surface area contributed by atoms with Gasteiger partial charge in [-0.15, -0.1) is 0 Å². The summed E-state index contributed by atoms with van der Waals surface area (Å²) in [5, 5.41) is 11.5. The number of carboxylic acid groups (broad SMARTS) is 1. The van der Waals surface area contributed by atoms with Gasteiger partial charge in [-0.2, -0.15) is 0 Å². The number of hydrogen-bond donors (Lipinski definition) is 3. The average molecular weight is 223 g/mol. The fourth-order valence-corrected chi connectivity index (χ4v) is 1.18. The topological polar surface area (TPSA) is 105 Å². The molecule has 1 amide bonds. The van der Waals surface area contributed by atoms with Gasteiger partial charge in [-0.05, 0) is 18.6 Å². The van der Waals surface area contributed by atoms with Crippen LogP contribution in [0.1, 0.15) is 23.7 Å². The van der Waals surface area contributed by atoms with Gasteiger partial charge in [0.15, 0.2) is 0 Å². The van der Waals surface area contributed by atoms with Crippen molar-refractivity contribution < 1.29 is 14.7 Å². The summed E-state index contributed by atoms with van der Waals surface area (Å²) >= 11 is 0. The number of pyridine rings is 1. The lowest BCUT2D eigenvalue weighted by Gasteiger charge is -2.12. The molecule has 6 heteroatoms. The van der Waals surface area contributed by atoms with Crippen LogP contribution in [0.2, 0.25) is 0 Å². The van der Waals surface area contributed by atoms with E-state index in [2.05, 4.69) is 10.3 Å². The second kappa shape index (κ2) is 5.11. The number of primary amides is 1. The number of carboxylic acids is 1. The van der Waals surface area contributed by atoms with Gasteiger partial charge in [-0.1, -0.05) is 6.92 Å². The van der Waals surface area contributed by atoms with E-state index in [9.17, 15) is 9.59 Å². The molecule has 86 valence electrons. The Hall–Kier alpha value is -2.11. The predicted octanol–water partition coefficient (Wildman–Crippen LogP) is 0.456. The molecule has 1 unspecified atom stereocenters. The molecule has 0 fully saturated rings. The van der Waals surface area contributed by atoms with Crippen molar-refractivity contribution in [2.75, 3.05) is 5.32 Å². The summed E-state index contributed by atoms with van der Waals surface area (Å²) in [6, 6.07) is 2.17. The van der Waals surface area contributed by atoms with Crippen LogP contribution in [0.3, 0.4) is 0 Å².